The van der Waals surface area contributed by atoms with Crippen molar-refractivity contribution < 1.29 is 0 Å². The topological polar surface area (TPSA) is 29.0 Å². The standard InChI is InChI=1S/C17H18ClN3/c1-11-19-9-15-16(20-11)8-14-5-6-17(15)21(14)10-12-3-2-4-13(18)7-12/h2-4,7,9,14,17H,5-6,8,10H2,1H3/t14-,17-/m0/s1. The van der Waals surface area contributed by atoms with Crippen LogP contribution < -0.4 is 0 Å². The van der Waals surface area contributed by atoms with Crippen LogP contribution in [-0.2, 0) is 13.0 Å². The lowest BCUT2D eigenvalue weighted by atomic mass is 9.98. The fourth-order valence-electron chi connectivity index (χ4n) is 3.77. The minimum absolute atomic E-state index is 0.471. The van der Waals surface area contributed by atoms with Crippen LogP contribution in [0.4, 0.5) is 0 Å². The third kappa shape index (κ3) is 2.34. The van der Waals surface area contributed by atoms with Gasteiger partial charge < -0.3 is 0 Å². The van der Waals surface area contributed by atoms with E-state index in [9.17, 15) is 0 Å². The van der Waals surface area contributed by atoms with E-state index in [-0.39, 0.29) is 0 Å². The molecule has 0 N–H and O–H groups in total. The Bertz CT molecular complexity index is 685. The summed E-state index contributed by atoms with van der Waals surface area (Å²) in [7, 11) is 0. The van der Waals surface area contributed by atoms with Crippen LogP contribution in [0.5, 0.6) is 0 Å². The van der Waals surface area contributed by atoms with Crippen molar-refractivity contribution in [2.45, 2.75) is 44.8 Å². The number of hydrogen-bond donors (Lipinski definition) is 0. The third-order valence-corrected chi connectivity index (χ3v) is 4.94. The first-order valence-corrected chi connectivity index (χ1v) is 7.91. The Labute approximate surface area is 130 Å². The lowest BCUT2D eigenvalue weighted by Gasteiger charge is -2.35. The zero-order valence-electron chi connectivity index (χ0n) is 12.1. The zero-order chi connectivity index (χ0) is 14.4. The molecule has 0 aliphatic carbocycles. The molecule has 1 aromatic heterocycles. The van der Waals surface area contributed by atoms with Gasteiger partial charge >= 0.3 is 0 Å². The average molecular weight is 300 g/mol. The Morgan fingerprint density at radius 3 is 3.10 bits per heavy atom. The monoisotopic (exact) mass is 299 g/mol. The third-order valence-electron chi connectivity index (χ3n) is 4.71. The number of halogens is 1. The number of aryl methyl sites for hydroxylation is 1. The molecule has 1 aromatic carbocycles. The molecule has 3 heterocycles. The molecule has 0 saturated carbocycles. The summed E-state index contributed by atoms with van der Waals surface area (Å²) < 4.78 is 0. The summed E-state index contributed by atoms with van der Waals surface area (Å²) in [6.07, 6.45) is 5.55. The lowest BCUT2D eigenvalue weighted by molar-refractivity contribution is 0.166. The van der Waals surface area contributed by atoms with E-state index in [1.165, 1.54) is 29.7 Å². The molecule has 2 aromatic rings. The highest BCUT2D eigenvalue weighted by Crippen LogP contribution is 2.43. The number of rotatable bonds is 2. The summed E-state index contributed by atoms with van der Waals surface area (Å²) in [6, 6.07) is 9.27. The van der Waals surface area contributed by atoms with Crippen LogP contribution in [0.1, 0.15) is 41.5 Å². The normalized spacial score (nSPS) is 24.1. The number of hydrogen-bond acceptors (Lipinski definition) is 3. The predicted molar refractivity (Wildman–Crippen MR) is 83.2 cm³/mol. The molecule has 2 atom stereocenters. The Morgan fingerprint density at radius 2 is 2.24 bits per heavy atom. The predicted octanol–water partition coefficient (Wildman–Crippen LogP) is 3.70. The number of fused-ring (bicyclic) bond motifs is 4. The van der Waals surface area contributed by atoms with Crippen LogP contribution in [0.2, 0.25) is 5.02 Å². The molecule has 4 rings (SSSR count). The van der Waals surface area contributed by atoms with Gasteiger partial charge in [-0.2, -0.15) is 0 Å². The van der Waals surface area contributed by atoms with Gasteiger partial charge in [0.25, 0.3) is 0 Å². The van der Waals surface area contributed by atoms with Crippen LogP contribution in [0, 0.1) is 6.92 Å². The van der Waals surface area contributed by atoms with E-state index >= 15 is 0 Å². The molecular formula is C17H18ClN3. The summed E-state index contributed by atoms with van der Waals surface area (Å²) in [5, 5.41) is 0.816. The van der Waals surface area contributed by atoms with E-state index in [0.717, 1.165) is 23.8 Å². The molecule has 3 nitrogen and oxygen atoms in total. The van der Waals surface area contributed by atoms with Gasteiger partial charge in [0, 0.05) is 41.8 Å². The highest BCUT2D eigenvalue weighted by molar-refractivity contribution is 6.30. The lowest BCUT2D eigenvalue weighted by Crippen LogP contribution is -2.37. The molecule has 21 heavy (non-hydrogen) atoms. The van der Waals surface area contributed by atoms with Crippen molar-refractivity contribution >= 4 is 11.6 Å². The molecule has 0 spiro atoms. The van der Waals surface area contributed by atoms with E-state index in [1.807, 2.05) is 25.3 Å². The van der Waals surface area contributed by atoms with Crippen molar-refractivity contribution in [3.63, 3.8) is 0 Å². The molecule has 0 amide bonds. The summed E-state index contributed by atoms with van der Waals surface area (Å²) in [5.74, 6) is 0.886. The van der Waals surface area contributed by atoms with Gasteiger partial charge in [-0.25, -0.2) is 9.97 Å². The largest absolute Gasteiger partial charge is 0.289 e. The fraction of sp³-hybridized carbons (Fsp3) is 0.412. The van der Waals surface area contributed by atoms with Gasteiger partial charge in [0.05, 0.1) is 5.69 Å². The molecule has 1 fully saturated rings. The minimum atomic E-state index is 0.471. The molecule has 2 aliphatic rings. The molecule has 0 radical (unpaired) electrons. The van der Waals surface area contributed by atoms with Crippen molar-refractivity contribution in [2.24, 2.45) is 0 Å². The van der Waals surface area contributed by atoms with Gasteiger partial charge in [0.1, 0.15) is 5.82 Å². The molecule has 108 valence electrons. The number of aromatic nitrogens is 2. The SMILES string of the molecule is Cc1ncc2c(n1)C[C@@H]1CC[C@@H]2N1Cc1cccc(Cl)c1. The summed E-state index contributed by atoms with van der Waals surface area (Å²) >= 11 is 6.11. The molecule has 0 unspecified atom stereocenters. The Morgan fingerprint density at radius 1 is 1.33 bits per heavy atom. The number of benzene rings is 1. The van der Waals surface area contributed by atoms with Gasteiger partial charge in [0.15, 0.2) is 0 Å². The first-order chi connectivity index (χ1) is 10.2. The van der Waals surface area contributed by atoms with Gasteiger partial charge in [-0.3, -0.25) is 4.90 Å². The zero-order valence-corrected chi connectivity index (χ0v) is 12.8. The molecule has 4 heteroatoms. The van der Waals surface area contributed by atoms with Gasteiger partial charge in [0.2, 0.25) is 0 Å². The minimum Gasteiger partial charge on any atom is -0.289 e. The van der Waals surface area contributed by atoms with E-state index in [0.29, 0.717) is 12.1 Å². The van der Waals surface area contributed by atoms with Crippen molar-refractivity contribution in [3.05, 3.63) is 58.1 Å². The van der Waals surface area contributed by atoms with Crippen molar-refractivity contribution in [3.8, 4) is 0 Å². The Hall–Kier alpha value is -1.45. The summed E-state index contributed by atoms with van der Waals surface area (Å²) in [5.41, 5.74) is 3.88. The smallest absolute Gasteiger partial charge is 0.125 e. The Kier molecular flexibility index (Phi) is 3.20. The van der Waals surface area contributed by atoms with E-state index in [4.69, 9.17) is 11.6 Å². The van der Waals surface area contributed by atoms with Crippen molar-refractivity contribution in [1.29, 1.82) is 0 Å². The highest BCUT2D eigenvalue weighted by atomic mass is 35.5. The molecular weight excluding hydrogens is 282 g/mol. The number of nitrogens with zero attached hydrogens (tertiary/aromatic N) is 3. The van der Waals surface area contributed by atoms with Gasteiger partial charge in [-0.05, 0) is 37.5 Å². The van der Waals surface area contributed by atoms with Crippen LogP contribution >= 0.6 is 11.6 Å². The Balaban J connectivity index is 1.65. The summed E-state index contributed by atoms with van der Waals surface area (Å²) in [6.45, 7) is 2.93. The highest BCUT2D eigenvalue weighted by Gasteiger charge is 2.40. The van der Waals surface area contributed by atoms with Gasteiger partial charge in [-0.15, -0.1) is 0 Å². The van der Waals surface area contributed by atoms with Crippen LogP contribution in [0.25, 0.3) is 0 Å². The molecule has 2 aliphatic heterocycles. The maximum absolute atomic E-state index is 6.11. The molecule has 1 saturated heterocycles. The van der Waals surface area contributed by atoms with Crippen molar-refractivity contribution in [1.82, 2.24) is 14.9 Å². The average Bonchev–Trinajstić information content (AvgIpc) is 2.73. The van der Waals surface area contributed by atoms with E-state index in [2.05, 4.69) is 27.0 Å². The van der Waals surface area contributed by atoms with Crippen LogP contribution in [-0.4, -0.2) is 20.9 Å². The first-order valence-electron chi connectivity index (χ1n) is 7.53. The fourth-order valence-corrected chi connectivity index (χ4v) is 3.98. The van der Waals surface area contributed by atoms with E-state index < -0.39 is 0 Å². The maximum Gasteiger partial charge on any atom is 0.125 e. The second kappa shape index (κ2) is 5.08. The van der Waals surface area contributed by atoms with Crippen LogP contribution in [0.3, 0.4) is 0 Å². The van der Waals surface area contributed by atoms with E-state index in [1.54, 1.807) is 0 Å². The summed E-state index contributed by atoms with van der Waals surface area (Å²) in [4.78, 5) is 11.7. The quantitative estimate of drug-likeness (QED) is 0.846. The maximum atomic E-state index is 6.11. The van der Waals surface area contributed by atoms with Gasteiger partial charge in [-0.1, -0.05) is 23.7 Å². The van der Waals surface area contributed by atoms with Crippen LogP contribution in [0.15, 0.2) is 30.5 Å². The second-order valence-electron chi connectivity index (χ2n) is 6.07. The molecule has 2 bridgehead atoms. The first kappa shape index (κ1) is 13.2. The van der Waals surface area contributed by atoms with Crippen molar-refractivity contribution in [2.75, 3.05) is 0 Å². The second-order valence-corrected chi connectivity index (χ2v) is 6.51.